The lowest BCUT2D eigenvalue weighted by atomic mass is 9.95. The van der Waals surface area contributed by atoms with Crippen LogP contribution in [0.2, 0.25) is 18.1 Å². The van der Waals surface area contributed by atoms with Crippen LogP contribution in [0.5, 0.6) is 5.75 Å². The standard InChI is InChI=1S/C20H31F3OSi/c1-2-3-12-25-13-10-16(11-14-25)6-4-5-7-17-8-9-19(18(21)15-17)24-20(22)23/h8-9,15-16,20,25H,2-7,10-14H2,1H3/t16-,25-. The number of rotatable bonds is 10. The number of hydrogen-bond acceptors (Lipinski definition) is 1. The topological polar surface area (TPSA) is 9.23 Å². The van der Waals surface area contributed by atoms with Gasteiger partial charge in [-0.2, -0.15) is 8.78 Å². The van der Waals surface area contributed by atoms with Crippen molar-refractivity contribution < 1.29 is 17.9 Å². The van der Waals surface area contributed by atoms with E-state index in [9.17, 15) is 13.2 Å². The van der Waals surface area contributed by atoms with E-state index in [1.807, 2.05) is 0 Å². The first-order valence-corrected chi connectivity index (χ1v) is 12.3. The molecule has 2 rings (SSSR count). The quantitative estimate of drug-likeness (QED) is 0.333. The van der Waals surface area contributed by atoms with Gasteiger partial charge < -0.3 is 4.74 Å². The summed E-state index contributed by atoms with van der Waals surface area (Å²) in [6, 6.07) is 8.91. The lowest BCUT2D eigenvalue weighted by molar-refractivity contribution is -0.0522. The molecule has 1 aliphatic heterocycles. The molecular formula is C20H31F3OSi. The fourth-order valence-corrected chi connectivity index (χ4v) is 7.69. The number of aryl methyl sites for hydroxylation is 1. The first kappa shape index (κ1) is 20.3. The van der Waals surface area contributed by atoms with Crippen molar-refractivity contribution >= 4 is 8.80 Å². The van der Waals surface area contributed by atoms with Crippen LogP contribution in [0.4, 0.5) is 13.2 Å². The number of unbranched alkanes of at least 4 members (excludes halogenated alkanes) is 2. The van der Waals surface area contributed by atoms with Crippen LogP contribution in [-0.4, -0.2) is 15.4 Å². The summed E-state index contributed by atoms with van der Waals surface area (Å²) in [6.45, 7) is -0.703. The van der Waals surface area contributed by atoms with Gasteiger partial charge >= 0.3 is 6.61 Å². The van der Waals surface area contributed by atoms with E-state index in [0.29, 0.717) is 0 Å². The summed E-state index contributed by atoms with van der Waals surface area (Å²) in [5, 5.41) is 0. The van der Waals surface area contributed by atoms with Crippen LogP contribution in [0, 0.1) is 11.7 Å². The number of alkyl halides is 2. The van der Waals surface area contributed by atoms with Gasteiger partial charge in [0.15, 0.2) is 11.6 Å². The van der Waals surface area contributed by atoms with Gasteiger partial charge in [-0.25, -0.2) is 4.39 Å². The average Bonchev–Trinajstić information content (AvgIpc) is 2.60. The molecule has 25 heavy (non-hydrogen) atoms. The molecule has 1 saturated heterocycles. The minimum atomic E-state index is -2.99. The van der Waals surface area contributed by atoms with E-state index in [4.69, 9.17) is 0 Å². The average molecular weight is 373 g/mol. The maximum absolute atomic E-state index is 13.7. The summed E-state index contributed by atoms with van der Waals surface area (Å²) >= 11 is 0. The van der Waals surface area contributed by atoms with Crippen LogP contribution in [-0.2, 0) is 6.42 Å². The maximum atomic E-state index is 13.7. The molecule has 0 N–H and O–H groups in total. The molecule has 0 radical (unpaired) electrons. The monoisotopic (exact) mass is 372 g/mol. The molecule has 1 fully saturated rings. The molecule has 1 nitrogen and oxygen atoms in total. The van der Waals surface area contributed by atoms with Gasteiger partial charge in [-0.15, -0.1) is 0 Å². The van der Waals surface area contributed by atoms with E-state index >= 15 is 0 Å². The molecule has 0 unspecified atom stereocenters. The zero-order valence-corrected chi connectivity index (χ0v) is 16.4. The van der Waals surface area contributed by atoms with Crippen molar-refractivity contribution in [3.63, 3.8) is 0 Å². The van der Waals surface area contributed by atoms with Gasteiger partial charge in [-0.05, 0) is 36.5 Å². The number of halogens is 3. The third-order valence-electron chi connectivity index (χ3n) is 5.47. The largest absolute Gasteiger partial charge is 0.432 e. The van der Waals surface area contributed by atoms with Gasteiger partial charge in [-0.3, -0.25) is 0 Å². The van der Waals surface area contributed by atoms with Crippen molar-refractivity contribution in [1.82, 2.24) is 0 Å². The molecule has 0 aromatic heterocycles. The van der Waals surface area contributed by atoms with E-state index in [1.165, 1.54) is 62.7 Å². The van der Waals surface area contributed by atoms with Gasteiger partial charge in [0.25, 0.3) is 0 Å². The van der Waals surface area contributed by atoms with Gasteiger partial charge in [0.1, 0.15) is 0 Å². The first-order chi connectivity index (χ1) is 12.1. The summed E-state index contributed by atoms with van der Waals surface area (Å²) in [7, 11) is -0.401. The minimum absolute atomic E-state index is 0.372. The van der Waals surface area contributed by atoms with Crippen LogP contribution >= 0.6 is 0 Å². The molecule has 0 bridgehead atoms. The Kier molecular flexibility index (Phi) is 8.86. The van der Waals surface area contributed by atoms with Gasteiger partial charge in [-0.1, -0.05) is 69.6 Å². The SMILES string of the molecule is CCCC[Si@H]1CC[C@H](CCCCc2ccc(OC(F)F)c(F)c2)CC1. The summed E-state index contributed by atoms with van der Waals surface area (Å²) < 4.78 is 42.1. The molecule has 0 atom stereocenters. The molecule has 1 heterocycles. The van der Waals surface area contributed by atoms with Crippen molar-refractivity contribution in [2.45, 2.75) is 83.0 Å². The molecule has 1 aliphatic rings. The lowest BCUT2D eigenvalue weighted by Crippen LogP contribution is -2.21. The second kappa shape index (κ2) is 10.9. The van der Waals surface area contributed by atoms with E-state index in [2.05, 4.69) is 11.7 Å². The Morgan fingerprint density at radius 2 is 1.92 bits per heavy atom. The zero-order chi connectivity index (χ0) is 18.1. The fourth-order valence-electron chi connectivity index (χ4n) is 3.96. The van der Waals surface area contributed by atoms with Gasteiger partial charge in [0, 0.05) is 8.80 Å². The van der Waals surface area contributed by atoms with Crippen molar-refractivity contribution in [3.8, 4) is 5.75 Å². The summed E-state index contributed by atoms with van der Waals surface area (Å²) in [6.07, 6.45) is 9.90. The Balaban J connectivity index is 1.62. The van der Waals surface area contributed by atoms with Crippen molar-refractivity contribution in [3.05, 3.63) is 29.6 Å². The molecule has 0 aliphatic carbocycles. The maximum Gasteiger partial charge on any atom is 0.387 e. The van der Waals surface area contributed by atoms with Crippen LogP contribution < -0.4 is 4.74 Å². The number of hydrogen-bond donors (Lipinski definition) is 0. The van der Waals surface area contributed by atoms with Gasteiger partial charge in [0.2, 0.25) is 0 Å². The summed E-state index contributed by atoms with van der Waals surface area (Å²) in [4.78, 5) is 0. The zero-order valence-electron chi connectivity index (χ0n) is 15.3. The lowest BCUT2D eigenvalue weighted by Gasteiger charge is -2.27. The van der Waals surface area contributed by atoms with Crippen molar-refractivity contribution in [1.29, 1.82) is 0 Å². The van der Waals surface area contributed by atoms with Crippen molar-refractivity contribution in [2.75, 3.05) is 0 Å². The Bertz CT molecular complexity index is 502. The second-order valence-corrected chi connectivity index (χ2v) is 10.9. The Labute approximate surface area is 151 Å². The van der Waals surface area contributed by atoms with E-state index < -0.39 is 21.2 Å². The number of benzene rings is 1. The van der Waals surface area contributed by atoms with E-state index in [0.717, 1.165) is 24.3 Å². The minimum Gasteiger partial charge on any atom is -0.432 e. The third-order valence-corrected chi connectivity index (χ3v) is 9.00. The number of ether oxygens (including phenoxy) is 1. The smallest absolute Gasteiger partial charge is 0.387 e. The molecule has 142 valence electrons. The predicted molar refractivity (Wildman–Crippen MR) is 99.8 cm³/mol. The molecule has 0 amide bonds. The van der Waals surface area contributed by atoms with Crippen LogP contribution in [0.3, 0.4) is 0 Å². The molecule has 5 heteroatoms. The van der Waals surface area contributed by atoms with Crippen LogP contribution in [0.1, 0.15) is 57.4 Å². The highest BCUT2D eigenvalue weighted by atomic mass is 28.3. The van der Waals surface area contributed by atoms with Gasteiger partial charge in [0.05, 0.1) is 0 Å². The molecule has 1 aromatic rings. The predicted octanol–water partition coefficient (Wildman–Crippen LogP) is 6.58. The second-order valence-electron chi connectivity index (χ2n) is 7.42. The Hall–Kier alpha value is -0.973. The Morgan fingerprint density at radius 3 is 2.56 bits per heavy atom. The van der Waals surface area contributed by atoms with Crippen molar-refractivity contribution in [2.24, 2.45) is 5.92 Å². The molecule has 0 saturated carbocycles. The molecule has 0 spiro atoms. The fraction of sp³-hybridized carbons (Fsp3) is 0.700. The van der Waals surface area contributed by atoms with E-state index in [-0.39, 0.29) is 5.75 Å². The normalized spacial score (nSPS) is 20.8. The first-order valence-electron chi connectivity index (χ1n) is 9.81. The summed E-state index contributed by atoms with van der Waals surface area (Å²) in [5.41, 5.74) is 0.856. The Morgan fingerprint density at radius 1 is 1.16 bits per heavy atom. The van der Waals surface area contributed by atoms with E-state index in [1.54, 1.807) is 12.1 Å². The highest BCUT2D eigenvalue weighted by Gasteiger charge is 2.21. The van der Waals surface area contributed by atoms with Crippen LogP contribution in [0.25, 0.3) is 0 Å². The molecular weight excluding hydrogens is 341 g/mol. The third kappa shape index (κ3) is 7.43. The highest BCUT2D eigenvalue weighted by Crippen LogP contribution is 2.31. The molecule has 1 aromatic carbocycles. The highest BCUT2D eigenvalue weighted by molar-refractivity contribution is 6.58. The van der Waals surface area contributed by atoms with Crippen LogP contribution in [0.15, 0.2) is 18.2 Å². The summed E-state index contributed by atoms with van der Waals surface area (Å²) in [5.74, 6) is -0.181.